The number of carbonyl (C=O) groups excluding carboxylic acids is 1. The van der Waals surface area contributed by atoms with Crippen molar-refractivity contribution >= 4 is 35.0 Å². The molecule has 2 rings (SSSR count). The number of hydrogen-bond donors (Lipinski definition) is 2. The van der Waals surface area contributed by atoms with Crippen LogP contribution in [0, 0.1) is 0 Å². The van der Waals surface area contributed by atoms with Gasteiger partial charge in [-0.2, -0.15) is 0 Å². The molecular weight excluding hydrogens is 280 g/mol. The summed E-state index contributed by atoms with van der Waals surface area (Å²) in [4.78, 5) is 13.5. The summed E-state index contributed by atoms with van der Waals surface area (Å²) in [6, 6.07) is 12.7. The predicted molar refractivity (Wildman–Crippen MR) is 79.8 cm³/mol. The van der Waals surface area contributed by atoms with Crippen LogP contribution in [-0.4, -0.2) is 13.0 Å². The first-order chi connectivity index (χ1) is 9.11. The molecule has 2 aromatic rings. The topological polar surface area (TPSA) is 55.1 Å². The van der Waals surface area contributed by atoms with E-state index in [0.29, 0.717) is 16.3 Å². The fourth-order valence-electron chi connectivity index (χ4n) is 1.59. The second-order valence-electron chi connectivity index (χ2n) is 3.87. The highest BCUT2D eigenvalue weighted by atomic mass is 35.5. The molecule has 5 heteroatoms. The molecule has 0 saturated heterocycles. The molecule has 0 fully saturated rings. The predicted octanol–water partition coefficient (Wildman–Crippen LogP) is 3.43. The van der Waals surface area contributed by atoms with Crippen LogP contribution in [0.3, 0.4) is 0 Å². The fourth-order valence-corrected chi connectivity index (χ4v) is 2.86. The molecule has 0 atom stereocenters. The van der Waals surface area contributed by atoms with Crippen LogP contribution < -0.4 is 11.1 Å². The average Bonchev–Trinajstić information content (AvgIpc) is 2.41. The molecule has 0 bridgehead atoms. The van der Waals surface area contributed by atoms with Gasteiger partial charge in [-0.15, -0.1) is 0 Å². The van der Waals surface area contributed by atoms with E-state index in [1.54, 1.807) is 25.2 Å². The second kappa shape index (κ2) is 5.99. The summed E-state index contributed by atoms with van der Waals surface area (Å²) < 4.78 is 0. The van der Waals surface area contributed by atoms with Crippen molar-refractivity contribution in [1.29, 1.82) is 0 Å². The number of carbonyl (C=O) groups is 1. The van der Waals surface area contributed by atoms with Crippen LogP contribution in [0.2, 0.25) is 5.02 Å². The number of hydrogen-bond acceptors (Lipinski definition) is 3. The maximum atomic E-state index is 11.8. The zero-order chi connectivity index (χ0) is 13.8. The maximum absolute atomic E-state index is 11.8. The minimum absolute atomic E-state index is 0.144. The van der Waals surface area contributed by atoms with Gasteiger partial charge in [0.1, 0.15) is 0 Å². The van der Waals surface area contributed by atoms with E-state index in [1.807, 2.05) is 24.3 Å². The number of nitrogens with one attached hydrogen (secondary N) is 1. The lowest BCUT2D eigenvalue weighted by Crippen LogP contribution is -2.18. The minimum atomic E-state index is -0.144. The zero-order valence-electron chi connectivity index (χ0n) is 10.3. The van der Waals surface area contributed by atoms with E-state index in [-0.39, 0.29) is 5.91 Å². The van der Waals surface area contributed by atoms with E-state index >= 15 is 0 Å². The van der Waals surface area contributed by atoms with Crippen LogP contribution in [0.15, 0.2) is 52.3 Å². The molecule has 0 spiro atoms. The standard InChI is InChI=1S/C14H13ClN2OS/c1-17-14(18)10-7-6-9(16)8-13(10)19-12-5-3-2-4-11(12)15/h2-8H,16H2,1H3,(H,17,18). The van der Waals surface area contributed by atoms with E-state index in [9.17, 15) is 4.79 Å². The maximum Gasteiger partial charge on any atom is 0.252 e. The molecule has 0 unspecified atom stereocenters. The van der Waals surface area contributed by atoms with E-state index in [0.717, 1.165) is 9.79 Å². The number of nitrogens with two attached hydrogens (primary N) is 1. The summed E-state index contributed by atoms with van der Waals surface area (Å²) in [5.74, 6) is -0.144. The lowest BCUT2D eigenvalue weighted by molar-refractivity contribution is 0.0960. The summed E-state index contributed by atoms with van der Waals surface area (Å²) in [6.45, 7) is 0. The van der Waals surface area contributed by atoms with Crippen LogP contribution in [0.1, 0.15) is 10.4 Å². The Morgan fingerprint density at radius 1 is 1.21 bits per heavy atom. The number of benzene rings is 2. The summed E-state index contributed by atoms with van der Waals surface area (Å²) in [5.41, 5.74) is 6.98. The van der Waals surface area contributed by atoms with Gasteiger partial charge >= 0.3 is 0 Å². The van der Waals surface area contributed by atoms with Gasteiger partial charge < -0.3 is 11.1 Å². The van der Waals surface area contributed by atoms with Crippen molar-refractivity contribution in [1.82, 2.24) is 5.32 Å². The summed E-state index contributed by atoms with van der Waals surface area (Å²) in [7, 11) is 1.60. The average molecular weight is 293 g/mol. The summed E-state index contributed by atoms with van der Waals surface area (Å²) >= 11 is 7.55. The molecule has 0 saturated carbocycles. The van der Waals surface area contributed by atoms with Gasteiger partial charge in [0.2, 0.25) is 0 Å². The third-order valence-electron chi connectivity index (χ3n) is 2.53. The highest BCUT2D eigenvalue weighted by Gasteiger charge is 2.12. The molecule has 1 amide bonds. The lowest BCUT2D eigenvalue weighted by atomic mass is 10.2. The van der Waals surface area contributed by atoms with Crippen LogP contribution in [0.5, 0.6) is 0 Å². The van der Waals surface area contributed by atoms with Gasteiger partial charge in [-0.3, -0.25) is 4.79 Å². The molecule has 0 heterocycles. The van der Waals surface area contributed by atoms with Crippen molar-refractivity contribution in [3.8, 4) is 0 Å². The highest BCUT2D eigenvalue weighted by molar-refractivity contribution is 7.99. The highest BCUT2D eigenvalue weighted by Crippen LogP contribution is 2.35. The van der Waals surface area contributed by atoms with Crippen molar-refractivity contribution in [3.63, 3.8) is 0 Å². The van der Waals surface area contributed by atoms with Crippen LogP contribution in [0.4, 0.5) is 5.69 Å². The quantitative estimate of drug-likeness (QED) is 0.852. The Labute approximate surface area is 121 Å². The third-order valence-corrected chi connectivity index (χ3v) is 4.11. The Morgan fingerprint density at radius 3 is 2.63 bits per heavy atom. The Hall–Kier alpha value is -1.65. The van der Waals surface area contributed by atoms with Crippen molar-refractivity contribution in [2.24, 2.45) is 0 Å². The Morgan fingerprint density at radius 2 is 1.95 bits per heavy atom. The Bertz CT molecular complexity index is 616. The van der Waals surface area contributed by atoms with Crippen LogP contribution in [-0.2, 0) is 0 Å². The zero-order valence-corrected chi connectivity index (χ0v) is 11.9. The van der Waals surface area contributed by atoms with Crippen molar-refractivity contribution in [2.75, 3.05) is 12.8 Å². The normalized spacial score (nSPS) is 10.2. The van der Waals surface area contributed by atoms with Crippen molar-refractivity contribution < 1.29 is 4.79 Å². The molecule has 3 N–H and O–H groups in total. The molecule has 0 aliphatic rings. The molecule has 0 radical (unpaired) electrons. The van der Waals surface area contributed by atoms with E-state index in [4.69, 9.17) is 17.3 Å². The first-order valence-electron chi connectivity index (χ1n) is 5.66. The number of halogens is 1. The SMILES string of the molecule is CNC(=O)c1ccc(N)cc1Sc1ccccc1Cl. The first kappa shape index (κ1) is 13.8. The van der Waals surface area contributed by atoms with Gasteiger partial charge in [-0.1, -0.05) is 35.5 Å². The number of nitrogen functional groups attached to an aromatic ring is 1. The van der Waals surface area contributed by atoms with E-state index in [2.05, 4.69) is 5.32 Å². The van der Waals surface area contributed by atoms with Gasteiger partial charge in [-0.05, 0) is 30.3 Å². The molecule has 19 heavy (non-hydrogen) atoms. The molecule has 3 nitrogen and oxygen atoms in total. The molecule has 0 aromatic heterocycles. The van der Waals surface area contributed by atoms with Crippen molar-refractivity contribution in [3.05, 3.63) is 53.1 Å². The van der Waals surface area contributed by atoms with Crippen LogP contribution >= 0.6 is 23.4 Å². The summed E-state index contributed by atoms with van der Waals surface area (Å²) in [6.07, 6.45) is 0. The number of amides is 1. The molecule has 0 aliphatic carbocycles. The molecule has 0 aliphatic heterocycles. The fraction of sp³-hybridized carbons (Fsp3) is 0.0714. The molecular formula is C14H13ClN2OS. The minimum Gasteiger partial charge on any atom is -0.399 e. The van der Waals surface area contributed by atoms with Gasteiger partial charge in [-0.25, -0.2) is 0 Å². The smallest absolute Gasteiger partial charge is 0.252 e. The Balaban J connectivity index is 2.41. The van der Waals surface area contributed by atoms with E-state index < -0.39 is 0 Å². The van der Waals surface area contributed by atoms with Gasteiger partial charge in [0.15, 0.2) is 0 Å². The molecule has 2 aromatic carbocycles. The number of rotatable bonds is 3. The Kier molecular flexibility index (Phi) is 4.35. The first-order valence-corrected chi connectivity index (χ1v) is 6.85. The van der Waals surface area contributed by atoms with Gasteiger partial charge in [0.05, 0.1) is 10.6 Å². The van der Waals surface area contributed by atoms with Gasteiger partial charge in [0.25, 0.3) is 5.91 Å². The summed E-state index contributed by atoms with van der Waals surface area (Å²) in [5, 5.41) is 3.27. The third kappa shape index (κ3) is 3.22. The van der Waals surface area contributed by atoms with E-state index in [1.165, 1.54) is 11.8 Å². The number of anilines is 1. The van der Waals surface area contributed by atoms with Crippen LogP contribution in [0.25, 0.3) is 0 Å². The van der Waals surface area contributed by atoms with Crippen molar-refractivity contribution in [2.45, 2.75) is 9.79 Å². The van der Waals surface area contributed by atoms with Gasteiger partial charge in [0, 0.05) is 22.5 Å². The largest absolute Gasteiger partial charge is 0.399 e. The molecule has 98 valence electrons. The second-order valence-corrected chi connectivity index (χ2v) is 5.36. The monoisotopic (exact) mass is 292 g/mol. The lowest BCUT2D eigenvalue weighted by Gasteiger charge is -2.10.